The molecule has 1 aromatic heterocycles. The lowest BCUT2D eigenvalue weighted by atomic mass is 9.95. The fourth-order valence-electron chi connectivity index (χ4n) is 2.69. The third-order valence-corrected chi connectivity index (χ3v) is 6.06. The first kappa shape index (κ1) is 17.3. The lowest BCUT2D eigenvalue weighted by molar-refractivity contribution is -0.118. The first-order chi connectivity index (χ1) is 11.6. The molecule has 1 fully saturated rings. The standard InChI is InChI=1S/C19H21NO2S2/c1-23-16-9-4-14(5-10-16)6-11-18(21)20-13-19(22,15-7-8-15)17-3-2-12-24-17/h2-6,9-12,15,22H,7-8,13H2,1H3,(H,20,21)/b11-6+/t19-/m1/s1. The summed E-state index contributed by atoms with van der Waals surface area (Å²) in [7, 11) is 0. The zero-order chi connectivity index (χ0) is 17.0. The number of nitrogens with one attached hydrogen (secondary N) is 1. The molecule has 3 rings (SSSR count). The molecule has 1 atom stereocenters. The number of rotatable bonds is 7. The van der Waals surface area contributed by atoms with E-state index in [-0.39, 0.29) is 18.4 Å². The molecule has 1 aliphatic rings. The van der Waals surface area contributed by atoms with Gasteiger partial charge in [0.1, 0.15) is 5.60 Å². The van der Waals surface area contributed by atoms with E-state index in [0.717, 1.165) is 23.3 Å². The molecule has 1 heterocycles. The Bertz CT molecular complexity index is 705. The minimum Gasteiger partial charge on any atom is -0.382 e. The predicted molar refractivity (Wildman–Crippen MR) is 101 cm³/mol. The average Bonchev–Trinajstić information content (AvgIpc) is 3.33. The topological polar surface area (TPSA) is 49.3 Å². The number of thioether (sulfide) groups is 1. The van der Waals surface area contributed by atoms with Crippen LogP contribution in [0, 0.1) is 5.92 Å². The first-order valence-electron chi connectivity index (χ1n) is 7.98. The maximum atomic E-state index is 12.1. The molecule has 1 amide bonds. The SMILES string of the molecule is CSc1ccc(/C=C/C(=O)NC[C@](O)(c2cccs2)C2CC2)cc1. The number of carbonyl (C=O) groups excluding carboxylic acids is 1. The monoisotopic (exact) mass is 359 g/mol. The van der Waals surface area contributed by atoms with E-state index in [1.54, 1.807) is 29.2 Å². The second kappa shape index (κ2) is 7.55. The molecule has 5 heteroatoms. The lowest BCUT2D eigenvalue weighted by Gasteiger charge is -2.27. The van der Waals surface area contributed by atoms with Gasteiger partial charge in [0.15, 0.2) is 0 Å². The van der Waals surface area contributed by atoms with Crippen molar-refractivity contribution < 1.29 is 9.90 Å². The van der Waals surface area contributed by atoms with E-state index in [1.807, 2.05) is 48.0 Å². The molecule has 1 aromatic carbocycles. The van der Waals surface area contributed by atoms with Crippen LogP contribution in [-0.4, -0.2) is 23.8 Å². The Labute approximate surface area is 150 Å². The second-order valence-electron chi connectivity index (χ2n) is 6.00. The zero-order valence-electron chi connectivity index (χ0n) is 13.6. The van der Waals surface area contributed by atoms with Gasteiger partial charge in [-0.3, -0.25) is 4.79 Å². The van der Waals surface area contributed by atoms with Crippen molar-refractivity contribution in [1.29, 1.82) is 0 Å². The number of aliphatic hydroxyl groups is 1. The van der Waals surface area contributed by atoms with E-state index < -0.39 is 5.60 Å². The number of hydrogen-bond donors (Lipinski definition) is 2. The van der Waals surface area contributed by atoms with Gasteiger partial charge in [-0.25, -0.2) is 0 Å². The lowest BCUT2D eigenvalue weighted by Crippen LogP contribution is -2.41. The molecule has 0 saturated heterocycles. The van der Waals surface area contributed by atoms with Gasteiger partial charge in [0.05, 0.1) is 6.54 Å². The molecule has 24 heavy (non-hydrogen) atoms. The van der Waals surface area contributed by atoms with Crippen LogP contribution in [0.5, 0.6) is 0 Å². The fraction of sp³-hybridized carbons (Fsp3) is 0.316. The van der Waals surface area contributed by atoms with Crippen molar-refractivity contribution in [3.63, 3.8) is 0 Å². The van der Waals surface area contributed by atoms with E-state index in [9.17, 15) is 9.90 Å². The van der Waals surface area contributed by atoms with Crippen molar-refractivity contribution in [2.24, 2.45) is 5.92 Å². The molecule has 126 valence electrons. The summed E-state index contributed by atoms with van der Waals surface area (Å²) < 4.78 is 0. The highest BCUT2D eigenvalue weighted by molar-refractivity contribution is 7.98. The fourth-order valence-corrected chi connectivity index (χ4v) is 4.00. The quantitative estimate of drug-likeness (QED) is 0.582. The highest BCUT2D eigenvalue weighted by Crippen LogP contribution is 2.46. The predicted octanol–water partition coefficient (Wildman–Crippen LogP) is 3.90. The van der Waals surface area contributed by atoms with Crippen molar-refractivity contribution in [3.05, 3.63) is 58.3 Å². The summed E-state index contributed by atoms with van der Waals surface area (Å²) in [5, 5.41) is 15.8. The summed E-state index contributed by atoms with van der Waals surface area (Å²) in [4.78, 5) is 14.2. The maximum absolute atomic E-state index is 12.1. The van der Waals surface area contributed by atoms with Crippen LogP contribution < -0.4 is 5.32 Å². The van der Waals surface area contributed by atoms with Crippen LogP contribution in [0.3, 0.4) is 0 Å². The van der Waals surface area contributed by atoms with Gasteiger partial charge in [0, 0.05) is 15.8 Å². The van der Waals surface area contributed by atoms with Gasteiger partial charge in [-0.2, -0.15) is 0 Å². The Balaban J connectivity index is 1.59. The van der Waals surface area contributed by atoms with E-state index in [2.05, 4.69) is 5.32 Å². The number of hydrogen-bond acceptors (Lipinski definition) is 4. The summed E-state index contributed by atoms with van der Waals surface area (Å²) in [6.07, 6.45) is 7.38. The molecule has 2 aromatic rings. The molecule has 3 nitrogen and oxygen atoms in total. The van der Waals surface area contributed by atoms with Crippen molar-refractivity contribution in [2.45, 2.75) is 23.3 Å². The smallest absolute Gasteiger partial charge is 0.244 e. The molecule has 0 unspecified atom stereocenters. The van der Waals surface area contributed by atoms with E-state index >= 15 is 0 Å². The van der Waals surface area contributed by atoms with Crippen LogP contribution in [0.15, 0.2) is 52.7 Å². The van der Waals surface area contributed by atoms with Gasteiger partial charge >= 0.3 is 0 Å². The summed E-state index contributed by atoms with van der Waals surface area (Å²) in [6, 6.07) is 11.9. The highest BCUT2D eigenvalue weighted by Gasteiger charge is 2.45. The van der Waals surface area contributed by atoms with Crippen LogP contribution >= 0.6 is 23.1 Å². The van der Waals surface area contributed by atoms with Crippen LogP contribution in [0.25, 0.3) is 6.08 Å². The first-order valence-corrected chi connectivity index (χ1v) is 10.1. The molecule has 2 N–H and O–H groups in total. The van der Waals surface area contributed by atoms with Crippen LogP contribution in [0.2, 0.25) is 0 Å². The second-order valence-corrected chi connectivity index (χ2v) is 7.83. The molecular formula is C19H21NO2S2. The number of thiophene rings is 1. The van der Waals surface area contributed by atoms with Crippen molar-refractivity contribution in [2.75, 3.05) is 12.8 Å². The Hall–Kier alpha value is -1.56. The van der Waals surface area contributed by atoms with Crippen LogP contribution in [0.4, 0.5) is 0 Å². The Morgan fingerprint density at radius 1 is 1.38 bits per heavy atom. The number of carbonyl (C=O) groups is 1. The van der Waals surface area contributed by atoms with E-state index in [0.29, 0.717) is 0 Å². The van der Waals surface area contributed by atoms with Gasteiger partial charge < -0.3 is 10.4 Å². The summed E-state index contributed by atoms with van der Waals surface area (Å²) in [5.74, 6) is 0.0686. The van der Waals surface area contributed by atoms with Crippen molar-refractivity contribution in [1.82, 2.24) is 5.32 Å². The van der Waals surface area contributed by atoms with Crippen molar-refractivity contribution in [3.8, 4) is 0 Å². The molecular weight excluding hydrogens is 338 g/mol. The third-order valence-electron chi connectivity index (χ3n) is 4.28. The average molecular weight is 360 g/mol. The van der Waals surface area contributed by atoms with Gasteiger partial charge in [-0.05, 0) is 60.2 Å². The summed E-state index contributed by atoms with van der Waals surface area (Å²) >= 11 is 3.23. The van der Waals surface area contributed by atoms with Gasteiger partial charge in [-0.1, -0.05) is 18.2 Å². The Morgan fingerprint density at radius 2 is 2.12 bits per heavy atom. The molecule has 1 aliphatic carbocycles. The van der Waals surface area contributed by atoms with E-state index in [1.165, 1.54) is 11.0 Å². The largest absolute Gasteiger partial charge is 0.382 e. The van der Waals surface area contributed by atoms with Crippen LogP contribution in [0.1, 0.15) is 23.3 Å². The minimum absolute atomic E-state index is 0.181. The minimum atomic E-state index is -0.933. The third kappa shape index (κ3) is 4.09. The normalized spacial score (nSPS) is 16.9. The van der Waals surface area contributed by atoms with Gasteiger partial charge in [-0.15, -0.1) is 23.1 Å². The molecule has 0 bridgehead atoms. The van der Waals surface area contributed by atoms with Crippen molar-refractivity contribution >= 4 is 35.1 Å². The van der Waals surface area contributed by atoms with Gasteiger partial charge in [0.2, 0.25) is 5.91 Å². The number of amides is 1. The zero-order valence-corrected chi connectivity index (χ0v) is 15.2. The van der Waals surface area contributed by atoms with Crippen LogP contribution in [-0.2, 0) is 10.4 Å². The Morgan fingerprint density at radius 3 is 2.71 bits per heavy atom. The molecule has 0 spiro atoms. The molecule has 0 radical (unpaired) electrons. The highest BCUT2D eigenvalue weighted by atomic mass is 32.2. The summed E-state index contributed by atoms with van der Waals surface area (Å²) in [5.41, 5.74) is 0.0520. The summed E-state index contributed by atoms with van der Waals surface area (Å²) in [6.45, 7) is 0.257. The van der Waals surface area contributed by atoms with E-state index in [4.69, 9.17) is 0 Å². The Kier molecular flexibility index (Phi) is 5.43. The number of benzene rings is 1. The molecule has 1 saturated carbocycles. The maximum Gasteiger partial charge on any atom is 0.244 e. The molecule has 0 aliphatic heterocycles. The van der Waals surface area contributed by atoms with Gasteiger partial charge in [0.25, 0.3) is 0 Å².